The molecule has 1 heterocycles. The number of esters is 1. The van der Waals surface area contributed by atoms with Crippen LogP contribution >= 0.6 is 11.6 Å². The normalized spacial score (nSPS) is 10.6. The van der Waals surface area contributed by atoms with Gasteiger partial charge in [0.15, 0.2) is 5.75 Å². The van der Waals surface area contributed by atoms with Gasteiger partial charge >= 0.3 is 17.7 Å². The third-order valence-electron chi connectivity index (χ3n) is 4.08. The van der Waals surface area contributed by atoms with Gasteiger partial charge in [-0.2, -0.15) is 0 Å². The standard InChI is InChI=1S/C21H18ClNO6/c1-2-14-8-19(24)28-17-10-18(16(22)9-15(14)17)29-20(25)11-23-21(26)27-12-13-6-4-3-5-7-13/h3-10H,2,11-12H2,1H3,(H,23,26). The van der Waals surface area contributed by atoms with Gasteiger partial charge in [-0.3, -0.25) is 0 Å². The van der Waals surface area contributed by atoms with Crippen molar-refractivity contribution in [1.82, 2.24) is 5.32 Å². The second-order valence-electron chi connectivity index (χ2n) is 6.11. The van der Waals surface area contributed by atoms with Crippen LogP contribution in [0.2, 0.25) is 5.02 Å². The highest BCUT2D eigenvalue weighted by Gasteiger charge is 2.14. The third-order valence-corrected chi connectivity index (χ3v) is 4.37. The van der Waals surface area contributed by atoms with Crippen LogP contribution in [0.15, 0.2) is 57.7 Å². The molecule has 1 aromatic heterocycles. The number of carbonyl (C=O) groups excluding carboxylic acids is 2. The molecule has 0 spiro atoms. The van der Waals surface area contributed by atoms with E-state index in [1.54, 1.807) is 6.07 Å². The van der Waals surface area contributed by atoms with E-state index in [4.69, 9.17) is 25.5 Å². The lowest BCUT2D eigenvalue weighted by Gasteiger charge is -2.10. The Balaban J connectivity index is 1.60. The SMILES string of the molecule is CCc1cc(=O)oc2cc(OC(=O)CNC(=O)OCc3ccccc3)c(Cl)cc12. The maximum absolute atomic E-state index is 12.0. The van der Waals surface area contributed by atoms with E-state index in [1.165, 1.54) is 12.1 Å². The number of hydrogen-bond acceptors (Lipinski definition) is 6. The fraction of sp³-hybridized carbons (Fsp3) is 0.190. The van der Waals surface area contributed by atoms with E-state index < -0.39 is 24.2 Å². The fourth-order valence-corrected chi connectivity index (χ4v) is 2.88. The largest absolute Gasteiger partial charge is 0.445 e. The van der Waals surface area contributed by atoms with Crippen molar-refractivity contribution in [3.63, 3.8) is 0 Å². The first-order valence-electron chi connectivity index (χ1n) is 8.87. The van der Waals surface area contributed by atoms with Crippen LogP contribution in [0.25, 0.3) is 11.0 Å². The zero-order valence-electron chi connectivity index (χ0n) is 15.6. The van der Waals surface area contributed by atoms with Crippen LogP contribution in [-0.2, 0) is 22.6 Å². The molecule has 2 aromatic carbocycles. The average Bonchev–Trinajstić information content (AvgIpc) is 2.72. The number of rotatable bonds is 6. The lowest BCUT2D eigenvalue weighted by molar-refractivity contribution is -0.133. The fourth-order valence-electron chi connectivity index (χ4n) is 2.68. The highest BCUT2D eigenvalue weighted by atomic mass is 35.5. The van der Waals surface area contributed by atoms with Gasteiger partial charge in [-0.15, -0.1) is 0 Å². The van der Waals surface area contributed by atoms with Crippen molar-refractivity contribution < 1.29 is 23.5 Å². The van der Waals surface area contributed by atoms with Gasteiger partial charge in [0.1, 0.15) is 18.7 Å². The van der Waals surface area contributed by atoms with Crippen LogP contribution in [0, 0.1) is 0 Å². The number of fused-ring (bicyclic) bond motifs is 1. The molecule has 3 aromatic rings. The summed E-state index contributed by atoms with van der Waals surface area (Å²) in [5.41, 5.74) is 1.36. The molecule has 0 aliphatic rings. The lowest BCUT2D eigenvalue weighted by atomic mass is 10.1. The second kappa shape index (κ2) is 9.25. The minimum Gasteiger partial charge on any atom is -0.445 e. The monoisotopic (exact) mass is 415 g/mol. The number of benzene rings is 2. The van der Waals surface area contributed by atoms with Gasteiger partial charge < -0.3 is 19.2 Å². The predicted molar refractivity (Wildman–Crippen MR) is 107 cm³/mol. The molecular weight excluding hydrogens is 398 g/mol. The van der Waals surface area contributed by atoms with Crippen LogP contribution in [-0.4, -0.2) is 18.6 Å². The maximum Gasteiger partial charge on any atom is 0.407 e. The summed E-state index contributed by atoms with van der Waals surface area (Å²) in [6.45, 7) is 1.57. The van der Waals surface area contributed by atoms with E-state index in [1.807, 2.05) is 37.3 Å². The van der Waals surface area contributed by atoms with Crippen LogP contribution in [0.3, 0.4) is 0 Å². The Hall–Kier alpha value is -3.32. The smallest absolute Gasteiger partial charge is 0.407 e. The topological polar surface area (TPSA) is 94.8 Å². The van der Waals surface area contributed by atoms with Gasteiger partial charge in [-0.05, 0) is 23.6 Å². The summed E-state index contributed by atoms with van der Waals surface area (Å²) < 4.78 is 15.4. The van der Waals surface area contributed by atoms with Crippen LogP contribution in [0.1, 0.15) is 18.1 Å². The highest BCUT2D eigenvalue weighted by molar-refractivity contribution is 6.33. The summed E-state index contributed by atoms with van der Waals surface area (Å²) in [5.74, 6) is -0.725. The molecule has 0 unspecified atom stereocenters. The molecule has 0 atom stereocenters. The summed E-state index contributed by atoms with van der Waals surface area (Å²) in [5, 5.41) is 3.15. The molecule has 3 rings (SSSR count). The Labute approximate surface area is 171 Å². The molecule has 0 aliphatic carbocycles. The van der Waals surface area contributed by atoms with Crippen molar-refractivity contribution in [2.24, 2.45) is 0 Å². The molecule has 1 amide bonds. The molecule has 150 valence electrons. The number of hydrogen-bond donors (Lipinski definition) is 1. The van der Waals surface area contributed by atoms with E-state index >= 15 is 0 Å². The average molecular weight is 416 g/mol. The number of nitrogens with one attached hydrogen (secondary N) is 1. The summed E-state index contributed by atoms with van der Waals surface area (Å²) in [6, 6.07) is 13.5. The molecular formula is C21H18ClNO6. The van der Waals surface area contributed by atoms with Gasteiger partial charge in [0, 0.05) is 17.5 Å². The molecule has 1 N–H and O–H groups in total. The van der Waals surface area contributed by atoms with Crippen molar-refractivity contribution in [2.45, 2.75) is 20.0 Å². The van der Waals surface area contributed by atoms with Crippen LogP contribution in [0.4, 0.5) is 4.79 Å². The lowest BCUT2D eigenvalue weighted by Crippen LogP contribution is -2.32. The van der Waals surface area contributed by atoms with Crippen molar-refractivity contribution in [1.29, 1.82) is 0 Å². The zero-order valence-corrected chi connectivity index (χ0v) is 16.3. The van der Waals surface area contributed by atoms with E-state index in [9.17, 15) is 14.4 Å². The maximum atomic E-state index is 12.0. The van der Waals surface area contributed by atoms with Crippen molar-refractivity contribution in [3.8, 4) is 5.75 Å². The van der Waals surface area contributed by atoms with E-state index in [0.717, 1.165) is 11.1 Å². The van der Waals surface area contributed by atoms with Crippen LogP contribution in [0.5, 0.6) is 5.75 Å². The number of ether oxygens (including phenoxy) is 2. The molecule has 0 bridgehead atoms. The molecule has 0 fully saturated rings. The zero-order chi connectivity index (χ0) is 20.8. The first-order valence-corrected chi connectivity index (χ1v) is 9.25. The van der Waals surface area contributed by atoms with E-state index in [0.29, 0.717) is 11.8 Å². The summed E-state index contributed by atoms with van der Waals surface area (Å²) in [6.07, 6.45) is -0.138. The number of halogens is 1. The Morgan fingerprint density at radius 2 is 1.90 bits per heavy atom. The molecule has 0 saturated carbocycles. The van der Waals surface area contributed by atoms with Gasteiger partial charge in [-0.1, -0.05) is 48.9 Å². The quantitative estimate of drug-likeness (QED) is 0.373. The summed E-state index contributed by atoms with van der Waals surface area (Å²) in [7, 11) is 0. The van der Waals surface area contributed by atoms with Gasteiger partial charge in [-0.25, -0.2) is 14.4 Å². The van der Waals surface area contributed by atoms with Gasteiger partial charge in [0.2, 0.25) is 0 Å². The van der Waals surface area contributed by atoms with Crippen molar-refractivity contribution in [2.75, 3.05) is 6.54 Å². The molecule has 0 saturated heterocycles. The Bertz CT molecular complexity index is 1090. The Kier molecular flexibility index (Phi) is 6.51. The van der Waals surface area contributed by atoms with Crippen molar-refractivity contribution >= 4 is 34.6 Å². The number of alkyl carbamates (subject to hydrolysis) is 1. The van der Waals surface area contributed by atoms with Crippen molar-refractivity contribution in [3.05, 3.63) is 75.1 Å². The van der Waals surface area contributed by atoms with Gasteiger partial charge in [0.05, 0.1) is 5.02 Å². The number of aryl methyl sites for hydroxylation is 1. The van der Waals surface area contributed by atoms with Crippen LogP contribution < -0.4 is 15.7 Å². The first-order chi connectivity index (χ1) is 14.0. The summed E-state index contributed by atoms with van der Waals surface area (Å²) >= 11 is 6.19. The molecule has 7 nitrogen and oxygen atoms in total. The summed E-state index contributed by atoms with van der Waals surface area (Å²) in [4.78, 5) is 35.4. The predicted octanol–water partition coefficient (Wildman–Crippen LogP) is 3.84. The van der Waals surface area contributed by atoms with Gasteiger partial charge in [0.25, 0.3) is 0 Å². The second-order valence-corrected chi connectivity index (χ2v) is 6.52. The molecule has 0 aliphatic heterocycles. The minimum absolute atomic E-state index is 0.0278. The first kappa shape index (κ1) is 20.4. The molecule has 8 heteroatoms. The number of amides is 1. The Morgan fingerprint density at radius 1 is 1.14 bits per heavy atom. The van der Waals surface area contributed by atoms with E-state index in [2.05, 4.69) is 5.32 Å². The highest BCUT2D eigenvalue weighted by Crippen LogP contribution is 2.31. The molecule has 0 radical (unpaired) electrons. The molecule has 29 heavy (non-hydrogen) atoms. The minimum atomic E-state index is -0.756. The third kappa shape index (κ3) is 5.36. The number of carbonyl (C=O) groups is 2. The van der Waals surface area contributed by atoms with E-state index in [-0.39, 0.29) is 23.0 Å². The Morgan fingerprint density at radius 3 is 2.62 bits per heavy atom.